The zero-order valence-corrected chi connectivity index (χ0v) is 17.0. The molecule has 0 bridgehead atoms. The number of hydrogen-bond acceptors (Lipinski definition) is 6. The summed E-state index contributed by atoms with van der Waals surface area (Å²) in [6, 6.07) is 18.6. The fourth-order valence-electron chi connectivity index (χ4n) is 2.61. The van der Waals surface area contributed by atoms with Gasteiger partial charge in [-0.05, 0) is 54.6 Å². The van der Waals surface area contributed by atoms with Crippen LogP contribution in [-0.2, 0) is 4.79 Å². The Balaban J connectivity index is 1.45. The molecule has 2 heterocycles. The van der Waals surface area contributed by atoms with Crippen LogP contribution in [0.5, 0.6) is 0 Å². The average Bonchev–Trinajstić information content (AvgIpc) is 3.10. The van der Waals surface area contributed by atoms with E-state index in [4.69, 9.17) is 0 Å². The smallest absolute Gasteiger partial charge is 0.255 e. The van der Waals surface area contributed by atoms with Crippen LogP contribution in [0.2, 0.25) is 0 Å². The second-order valence-corrected chi connectivity index (χ2v) is 8.26. The first-order valence-electron chi connectivity index (χ1n) is 8.75. The Hall–Kier alpha value is -3.23. The van der Waals surface area contributed by atoms with Gasteiger partial charge in [-0.25, -0.2) is 9.97 Å². The van der Waals surface area contributed by atoms with Crippen LogP contribution in [0.1, 0.15) is 17.3 Å². The lowest BCUT2D eigenvalue weighted by Gasteiger charge is -2.06. The minimum atomic E-state index is -0.190. The number of thiazole rings is 1. The maximum atomic E-state index is 12.6. The van der Waals surface area contributed by atoms with Crippen LogP contribution in [0.25, 0.3) is 10.2 Å². The third-order valence-electron chi connectivity index (χ3n) is 3.91. The minimum Gasteiger partial charge on any atom is -0.322 e. The molecule has 0 unspecified atom stereocenters. The SMILES string of the molecule is CC(=O)Nc1nc2ccc(NC(=O)c3ccc(Sc4ccccn4)cc3)cc2s1. The van der Waals surface area contributed by atoms with Crippen LogP contribution in [0, 0.1) is 0 Å². The van der Waals surface area contributed by atoms with Crippen LogP contribution in [0.15, 0.2) is 76.8 Å². The van der Waals surface area contributed by atoms with Crippen molar-refractivity contribution in [3.05, 3.63) is 72.4 Å². The number of carbonyl (C=O) groups is 2. The first-order valence-corrected chi connectivity index (χ1v) is 10.4. The van der Waals surface area contributed by atoms with Crippen LogP contribution >= 0.6 is 23.1 Å². The van der Waals surface area contributed by atoms with Crippen LogP contribution in [0.4, 0.5) is 10.8 Å². The quantitative estimate of drug-likeness (QED) is 0.472. The number of nitrogens with one attached hydrogen (secondary N) is 2. The number of anilines is 2. The Morgan fingerprint density at radius 2 is 1.83 bits per heavy atom. The van der Waals surface area contributed by atoms with Gasteiger partial charge in [0.1, 0.15) is 5.03 Å². The maximum absolute atomic E-state index is 12.6. The number of nitrogens with zero attached hydrogens (tertiary/aromatic N) is 2. The van der Waals surface area contributed by atoms with Crippen molar-refractivity contribution in [2.75, 3.05) is 10.6 Å². The first-order chi connectivity index (χ1) is 14.1. The van der Waals surface area contributed by atoms with Gasteiger partial charge in [0.25, 0.3) is 5.91 Å². The van der Waals surface area contributed by atoms with Gasteiger partial charge < -0.3 is 10.6 Å². The Kier molecular flexibility index (Phi) is 5.55. The van der Waals surface area contributed by atoms with Gasteiger partial charge in [-0.15, -0.1) is 0 Å². The molecule has 0 fully saturated rings. The summed E-state index contributed by atoms with van der Waals surface area (Å²) in [4.78, 5) is 33.4. The predicted octanol–water partition coefficient (Wildman–Crippen LogP) is 5.05. The molecule has 8 heteroatoms. The van der Waals surface area contributed by atoms with E-state index in [9.17, 15) is 9.59 Å². The van der Waals surface area contributed by atoms with Gasteiger partial charge in [0.05, 0.1) is 10.2 Å². The molecule has 0 atom stereocenters. The highest BCUT2D eigenvalue weighted by molar-refractivity contribution is 7.99. The molecule has 0 aliphatic carbocycles. The van der Waals surface area contributed by atoms with E-state index >= 15 is 0 Å². The predicted molar refractivity (Wildman–Crippen MR) is 117 cm³/mol. The summed E-state index contributed by atoms with van der Waals surface area (Å²) in [5.74, 6) is -0.354. The van der Waals surface area contributed by atoms with E-state index in [1.54, 1.807) is 36.2 Å². The average molecular weight is 421 g/mol. The van der Waals surface area contributed by atoms with E-state index in [2.05, 4.69) is 20.6 Å². The molecule has 0 radical (unpaired) electrons. The van der Waals surface area contributed by atoms with Gasteiger partial charge in [-0.2, -0.15) is 0 Å². The summed E-state index contributed by atoms with van der Waals surface area (Å²) < 4.78 is 0.883. The normalized spacial score (nSPS) is 10.7. The molecule has 2 aromatic heterocycles. The summed E-state index contributed by atoms with van der Waals surface area (Å²) in [6.45, 7) is 1.44. The molecular weight excluding hydrogens is 404 g/mol. The Labute approximate surface area is 175 Å². The molecule has 2 aromatic carbocycles. The number of aromatic nitrogens is 2. The van der Waals surface area contributed by atoms with Crippen molar-refractivity contribution in [3.8, 4) is 0 Å². The maximum Gasteiger partial charge on any atom is 0.255 e. The Bertz CT molecular complexity index is 1170. The van der Waals surface area contributed by atoms with Crippen molar-refractivity contribution in [1.82, 2.24) is 9.97 Å². The number of hydrogen-bond donors (Lipinski definition) is 2. The fourth-order valence-corrected chi connectivity index (χ4v) is 4.34. The van der Waals surface area contributed by atoms with E-state index < -0.39 is 0 Å². The standard InChI is InChI=1S/C21H16N4O2S2/c1-13(26)23-21-25-17-10-7-15(12-18(17)29-21)24-20(27)14-5-8-16(9-6-14)28-19-4-2-3-11-22-19/h2-12H,1H3,(H,24,27)(H,23,25,26). The minimum absolute atomic E-state index is 0.165. The topological polar surface area (TPSA) is 84.0 Å². The highest BCUT2D eigenvalue weighted by Crippen LogP contribution is 2.29. The van der Waals surface area contributed by atoms with Crippen LogP contribution in [0.3, 0.4) is 0 Å². The summed E-state index contributed by atoms with van der Waals surface area (Å²) in [6.07, 6.45) is 1.75. The largest absolute Gasteiger partial charge is 0.322 e. The van der Waals surface area contributed by atoms with Crippen molar-refractivity contribution >= 4 is 55.9 Å². The van der Waals surface area contributed by atoms with Crippen LogP contribution < -0.4 is 10.6 Å². The van der Waals surface area contributed by atoms with Gasteiger partial charge >= 0.3 is 0 Å². The summed E-state index contributed by atoms with van der Waals surface area (Å²) in [5.41, 5.74) is 2.01. The molecule has 6 nitrogen and oxygen atoms in total. The van der Waals surface area contributed by atoms with E-state index in [0.29, 0.717) is 16.4 Å². The highest BCUT2D eigenvalue weighted by atomic mass is 32.2. The monoisotopic (exact) mass is 420 g/mol. The first kappa shape index (κ1) is 19.1. The highest BCUT2D eigenvalue weighted by Gasteiger charge is 2.10. The molecule has 2 N–H and O–H groups in total. The molecule has 0 aliphatic rings. The number of pyridine rings is 1. The second-order valence-electron chi connectivity index (χ2n) is 6.13. The summed E-state index contributed by atoms with van der Waals surface area (Å²) in [5, 5.41) is 7.02. The van der Waals surface area contributed by atoms with Crippen molar-refractivity contribution < 1.29 is 9.59 Å². The van der Waals surface area contributed by atoms with Gasteiger partial charge in [-0.1, -0.05) is 29.2 Å². The Morgan fingerprint density at radius 1 is 1.00 bits per heavy atom. The molecule has 144 valence electrons. The van der Waals surface area contributed by atoms with E-state index in [0.717, 1.165) is 20.1 Å². The molecule has 4 rings (SSSR count). The zero-order chi connectivity index (χ0) is 20.2. The fraction of sp³-hybridized carbons (Fsp3) is 0.0476. The van der Waals surface area contributed by atoms with Gasteiger partial charge in [-0.3, -0.25) is 9.59 Å². The van der Waals surface area contributed by atoms with Crippen molar-refractivity contribution in [2.24, 2.45) is 0 Å². The molecule has 4 aromatic rings. The zero-order valence-electron chi connectivity index (χ0n) is 15.4. The lowest BCUT2D eigenvalue weighted by molar-refractivity contribution is -0.114. The van der Waals surface area contributed by atoms with Gasteiger partial charge in [0, 0.05) is 29.3 Å². The Morgan fingerprint density at radius 3 is 2.55 bits per heavy atom. The third kappa shape index (κ3) is 4.79. The van der Waals surface area contributed by atoms with E-state index in [1.165, 1.54) is 18.3 Å². The number of benzene rings is 2. The number of fused-ring (bicyclic) bond motifs is 1. The van der Waals surface area contributed by atoms with Crippen molar-refractivity contribution in [2.45, 2.75) is 16.8 Å². The summed E-state index contributed by atoms with van der Waals surface area (Å²) >= 11 is 2.90. The van der Waals surface area contributed by atoms with Gasteiger partial charge in [0.15, 0.2) is 5.13 Å². The molecule has 0 aliphatic heterocycles. The second kappa shape index (κ2) is 8.42. The van der Waals surface area contributed by atoms with Gasteiger partial charge in [0.2, 0.25) is 5.91 Å². The van der Waals surface area contributed by atoms with E-state index in [1.807, 2.05) is 42.5 Å². The molecule has 0 saturated carbocycles. The molecule has 0 spiro atoms. The number of carbonyl (C=O) groups excluding carboxylic acids is 2. The third-order valence-corrected chi connectivity index (χ3v) is 5.80. The molecule has 2 amide bonds. The van der Waals surface area contributed by atoms with Crippen molar-refractivity contribution in [3.63, 3.8) is 0 Å². The molecular formula is C21H16N4O2S2. The molecule has 29 heavy (non-hydrogen) atoms. The molecule has 0 saturated heterocycles. The van der Waals surface area contributed by atoms with Crippen LogP contribution in [-0.4, -0.2) is 21.8 Å². The lowest BCUT2D eigenvalue weighted by Crippen LogP contribution is -2.11. The number of rotatable bonds is 5. The lowest BCUT2D eigenvalue weighted by atomic mass is 10.2. The van der Waals surface area contributed by atoms with E-state index in [-0.39, 0.29) is 11.8 Å². The van der Waals surface area contributed by atoms with Crippen molar-refractivity contribution in [1.29, 1.82) is 0 Å². The summed E-state index contributed by atoms with van der Waals surface area (Å²) in [7, 11) is 0. The number of amides is 2.